The molecule has 1 aromatic carbocycles. The number of nitrogens with one attached hydrogen (secondary N) is 1. The van der Waals surface area contributed by atoms with Crippen molar-refractivity contribution in [3.05, 3.63) is 72.2 Å². The van der Waals surface area contributed by atoms with Crippen molar-refractivity contribution in [3.63, 3.8) is 0 Å². The van der Waals surface area contributed by atoms with Gasteiger partial charge in [0.15, 0.2) is 0 Å². The van der Waals surface area contributed by atoms with Gasteiger partial charge in [-0.3, -0.25) is 15.0 Å². The molecule has 0 saturated heterocycles. The van der Waals surface area contributed by atoms with E-state index in [9.17, 15) is 5.11 Å². The number of aliphatic hydroxyl groups excluding tert-OH is 1. The van der Waals surface area contributed by atoms with Crippen LogP contribution in [0.15, 0.2) is 61.1 Å². The Kier molecular flexibility index (Phi) is 5.93. The fourth-order valence-corrected chi connectivity index (χ4v) is 2.89. The molecule has 0 aliphatic rings. The van der Waals surface area contributed by atoms with Crippen LogP contribution in [-0.4, -0.2) is 37.8 Å². The molecule has 0 bridgehead atoms. The molecule has 2 heterocycles. The lowest BCUT2D eigenvalue weighted by molar-refractivity contribution is 0.101. The van der Waals surface area contributed by atoms with E-state index in [-0.39, 0.29) is 6.10 Å². The quantitative estimate of drug-likeness (QED) is 0.663. The van der Waals surface area contributed by atoms with Crippen molar-refractivity contribution in [2.45, 2.75) is 32.5 Å². The summed E-state index contributed by atoms with van der Waals surface area (Å²) in [4.78, 5) is 6.45. The zero-order valence-electron chi connectivity index (χ0n) is 14.5. The number of pyridine rings is 1. The summed E-state index contributed by atoms with van der Waals surface area (Å²) in [6, 6.07) is 14.3. The van der Waals surface area contributed by atoms with Crippen LogP contribution >= 0.6 is 0 Å². The Bertz CT molecular complexity index is 758. The third kappa shape index (κ3) is 4.75. The molecule has 1 atom stereocenters. The molecule has 3 aromatic rings. The van der Waals surface area contributed by atoms with E-state index in [0.29, 0.717) is 13.1 Å². The van der Waals surface area contributed by atoms with Gasteiger partial charge in [-0.25, -0.2) is 0 Å². The van der Waals surface area contributed by atoms with Gasteiger partial charge in [-0.2, -0.15) is 5.10 Å². The smallest absolute Gasteiger partial charge is 0.0710 e. The van der Waals surface area contributed by atoms with Crippen LogP contribution in [0.3, 0.4) is 0 Å². The lowest BCUT2D eigenvalue weighted by atomic mass is 10.1. The zero-order valence-corrected chi connectivity index (χ0v) is 14.5. The van der Waals surface area contributed by atoms with E-state index in [1.807, 2.05) is 49.6 Å². The third-order valence-electron chi connectivity index (χ3n) is 4.25. The third-order valence-corrected chi connectivity index (χ3v) is 4.25. The van der Waals surface area contributed by atoms with Crippen LogP contribution < -0.4 is 0 Å². The molecule has 2 aromatic heterocycles. The minimum atomic E-state index is -0.336. The molecule has 3 rings (SSSR count). The zero-order chi connectivity index (χ0) is 17.5. The highest BCUT2D eigenvalue weighted by Crippen LogP contribution is 2.22. The summed E-state index contributed by atoms with van der Waals surface area (Å²) < 4.78 is 0. The number of rotatable bonds is 8. The Morgan fingerprint density at radius 1 is 1.08 bits per heavy atom. The Labute approximate surface area is 148 Å². The topological polar surface area (TPSA) is 65.0 Å². The number of hydrogen-bond acceptors (Lipinski definition) is 4. The molecule has 5 heteroatoms. The van der Waals surface area contributed by atoms with Crippen LogP contribution in [0.2, 0.25) is 0 Å². The number of hydrogen-bond donors (Lipinski definition) is 2. The van der Waals surface area contributed by atoms with Crippen LogP contribution in [0.25, 0.3) is 11.3 Å². The molecule has 130 valence electrons. The lowest BCUT2D eigenvalue weighted by Gasteiger charge is -2.25. The molecule has 5 nitrogen and oxygen atoms in total. The second kappa shape index (κ2) is 8.55. The summed E-state index contributed by atoms with van der Waals surface area (Å²) in [6.45, 7) is 4.13. The maximum Gasteiger partial charge on any atom is 0.0710 e. The average molecular weight is 336 g/mol. The number of aromatic amines is 1. The standard InChI is InChI=1S/C20H24N4O/c1-2-19(25)15-24(13-16-7-4-3-5-8-16)14-18-12-22-23-20(18)17-9-6-10-21-11-17/h3-12,19,25H,2,13-15H2,1H3,(H,22,23). The van der Waals surface area contributed by atoms with Crippen LogP contribution in [0.5, 0.6) is 0 Å². The first-order valence-electron chi connectivity index (χ1n) is 8.63. The molecule has 0 aliphatic carbocycles. The van der Waals surface area contributed by atoms with E-state index in [4.69, 9.17) is 0 Å². The second-order valence-electron chi connectivity index (χ2n) is 6.23. The number of nitrogens with zero attached hydrogens (tertiary/aromatic N) is 3. The summed E-state index contributed by atoms with van der Waals surface area (Å²) in [6.07, 6.45) is 5.86. The molecule has 1 unspecified atom stereocenters. The highest BCUT2D eigenvalue weighted by molar-refractivity contribution is 5.61. The number of H-pyrrole nitrogens is 1. The van der Waals surface area contributed by atoms with Crippen LogP contribution in [0, 0.1) is 0 Å². The second-order valence-corrected chi connectivity index (χ2v) is 6.23. The number of aromatic nitrogens is 3. The molecule has 0 amide bonds. The minimum absolute atomic E-state index is 0.336. The van der Waals surface area contributed by atoms with Crippen LogP contribution in [0.1, 0.15) is 24.5 Å². The van der Waals surface area contributed by atoms with Gasteiger partial charge in [-0.15, -0.1) is 0 Å². The Morgan fingerprint density at radius 3 is 2.64 bits per heavy atom. The van der Waals surface area contributed by atoms with Crippen molar-refractivity contribution < 1.29 is 5.11 Å². The van der Waals surface area contributed by atoms with Crippen molar-refractivity contribution in [3.8, 4) is 11.3 Å². The van der Waals surface area contributed by atoms with E-state index in [1.54, 1.807) is 6.20 Å². The summed E-state index contributed by atoms with van der Waals surface area (Å²) in [5.74, 6) is 0. The SMILES string of the molecule is CCC(O)CN(Cc1ccccc1)Cc1cn[nH]c1-c1cccnc1. The molecule has 0 saturated carbocycles. The molecule has 2 N–H and O–H groups in total. The molecule has 0 radical (unpaired) electrons. The molecule has 0 spiro atoms. The van der Waals surface area contributed by atoms with Gasteiger partial charge in [0, 0.05) is 43.2 Å². The predicted octanol–water partition coefficient (Wildman–Crippen LogP) is 3.24. The van der Waals surface area contributed by atoms with E-state index in [2.05, 4.69) is 32.2 Å². The van der Waals surface area contributed by atoms with E-state index in [0.717, 1.165) is 29.8 Å². The first-order chi connectivity index (χ1) is 12.3. The van der Waals surface area contributed by atoms with Gasteiger partial charge in [-0.05, 0) is 24.1 Å². The summed E-state index contributed by atoms with van der Waals surface area (Å²) >= 11 is 0. The van der Waals surface area contributed by atoms with Gasteiger partial charge < -0.3 is 5.11 Å². The minimum Gasteiger partial charge on any atom is -0.392 e. The molecule has 0 aliphatic heterocycles. The first kappa shape index (κ1) is 17.3. The normalized spacial score (nSPS) is 12.4. The summed E-state index contributed by atoms with van der Waals surface area (Å²) in [7, 11) is 0. The monoisotopic (exact) mass is 336 g/mol. The maximum atomic E-state index is 10.1. The Hall–Kier alpha value is -2.50. The lowest BCUT2D eigenvalue weighted by Crippen LogP contribution is -2.31. The van der Waals surface area contributed by atoms with Gasteiger partial charge in [0.25, 0.3) is 0 Å². The van der Waals surface area contributed by atoms with Crippen molar-refractivity contribution in [2.75, 3.05) is 6.54 Å². The van der Waals surface area contributed by atoms with Crippen molar-refractivity contribution >= 4 is 0 Å². The predicted molar refractivity (Wildman–Crippen MR) is 98.7 cm³/mol. The van der Waals surface area contributed by atoms with Crippen molar-refractivity contribution in [1.29, 1.82) is 0 Å². The van der Waals surface area contributed by atoms with Gasteiger partial charge in [0.1, 0.15) is 0 Å². The first-order valence-corrected chi connectivity index (χ1v) is 8.63. The highest BCUT2D eigenvalue weighted by Gasteiger charge is 2.15. The van der Waals surface area contributed by atoms with Crippen LogP contribution in [0.4, 0.5) is 0 Å². The summed E-state index contributed by atoms with van der Waals surface area (Å²) in [5.41, 5.74) is 4.34. The molecule has 0 fully saturated rings. The van der Waals surface area contributed by atoms with Gasteiger partial charge in [-0.1, -0.05) is 37.3 Å². The van der Waals surface area contributed by atoms with Crippen molar-refractivity contribution in [2.24, 2.45) is 0 Å². The molecule has 25 heavy (non-hydrogen) atoms. The van der Waals surface area contributed by atoms with Gasteiger partial charge in [0.2, 0.25) is 0 Å². The van der Waals surface area contributed by atoms with Crippen LogP contribution in [-0.2, 0) is 13.1 Å². The summed E-state index contributed by atoms with van der Waals surface area (Å²) in [5, 5.41) is 17.4. The van der Waals surface area contributed by atoms with E-state index < -0.39 is 0 Å². The fraction of sp³-hybridized carbons (Fsp3) is 0.300. The van der Waals surface area contributed by atoms with E-state index >= 15 is 0 Å². The maximum absolute atomic E-state index is 10.1. The average Bonchev–Trinajstić information content (AvgIpc) is 3.11. The largest absolute Gasteiger partial charge is 0.392 e. The molecular formula is C20H24N4O. The Balaban J connectivity index is 1.79. The number of benzene rings is 1. The highest BCUT2D eigenvalue weighted by atomic mass is 16.3. The van der Waals surface area contributed by atoms with Gasteiger partial charge in [0.05, 0.1) is 18.0 Å². The van der Waals surface area contributed by atoms with Gasteiger partial charge >= 0.3 is 0 Å². The number of aliphatic hydroxyl groups is 1. The van der Waals surface area contributed by atoms with E-state index in [1.165, 1.54) is 5.56 Å². The Morgan fingerprint density at radius 2 is 1.92 bits per heavy atom. The fourth-order valence-electron chi connectivity index (χ4n) is 2.89. The van der Waals surface area contributed by atoms with Crippen molar-refractivity contribution in [1.82, 2.24) is 20.1 Å². The molecular weight excluding hydrogens is 312 g/mol.